The zero-order valence-corrected chi connectivity index (χ0v) is 21.1. The Bertz CT molecular complexity index is 1340. The summed E-state index contributed by atoms with van der Waals surface area (Å²) in [4.78, 5) is 17.6. The van der Waals surface area contributed by atoms with Crippen molar-refractivity contribution in [3.05, 3.63) is 110 Å². The number of para-hydroxylation sites is 1. The van der Waals surface area contributed by atoms with Gasteiger partial charge in [0.15, 0.2) is 0 Å². The molecule has 1 heterocycles. The van der Waals surface area contributed by atoms with E-state index < -0.39 is 5.97 Å². The average molecular weight is 554 g/mol. The first kappa shape index (κ1) is 24.8. The third-order valence-electron chi connectivity index (χ3n) is 4.89. The van der Waals surface area contributed by atoms with Gasteiger partial charge in [0, 0.05) is 0 Å². The summed E-state index contributed by atoms with van der Waals surface area (Å²) in [6, 6.07) is 20.9. The number of aliphatic hydroxyl groups is 1. The second-order valence-corrected chi connectivity index (χ2v) is 9.30. The van der Waals surface area contributed by atoms with Crippen LogP contribution in [0.3, 0.4) is 0 Å². The highest BCUT2D eigenvalue weighted by molar-refractivity contribution is 9.10. The monoisotopic (exact) mass is 553 g/mol. The topological polar surface area (TPSA) is 68.1 Å². The van der Waals surface area contributed by atoms with Gasteiger partial charge in [0.25, 0.3) is 0 Å². The van der Waals surface area contributed by atoms with Gasteiger partial charge in [-0.3, -0.25) is 0 Å². The number of carbonyl (C=O) groups excluding carboxylic acids is 1. The fourth-order valence-electron chi connectivity index (χ4n) is 3.27. The molecule has 1 aliphatic heterocycles. The maximum absolute atomic E-state index is 13.4. The van der Waals surface area contributed by atoms with E-state index in [0.29, 0.717) is 25.9 Å². The zero-order chi connectivity index (χ0) is 24.8. The second kappa shape index (κ2) is 11.4. The van der Waals surface area contributed by atoms with E-state index in [9.17, 15) is 14.3 Å². The molecule has 4 rings (SSSR count). The first-order valence-electron chi connectivity index (χ1n) is 10.8. The predicted molar refractivity (Wildman–Crippen MR) is 140 cm³/mol. The van der Waals surface area contributed by atoms with Crippen LogP contribution in [-0.2, 0) is 16.1 Å². The second-order valence-electron chi connectivity index (χ2n) is 7.42. The SMILES string of the molecule is CCOC(=O)C1=C(O)/C(=C/c2ccc(OCc3cccc(F)c3)c(Br)c2)SC1=Nc1ccccc1. The van der Waals surface area contributed by atoms with Gasteiger partial charge in [-0.05, 0) is 76.5 Å². The van der Waals surface area contributed by atoms with Gasteiger partial charge < -0.3 is 14.6 Å². The summed E-state index contributed by atoms with van der Waals surface area (Å²) in [5, 5.41) is 11.2. The first-order valence-corrected chi connectivity index (χ1v) is 12.4. The number of ether oxygens (including phenoxy) is 2. The van der Waals surface area contributed by atoms with Crippen molar-refractivity contribution < 1.29 is 23.8 Å². The highest BCUT2D eigenvalue weighted by Gasteiger charge is 2.33. The molecule has 0 bridgehead atoms. The number of aliphatic imine (C=N–C) groups is 1. The summed E-state index contributed by atoms with van der Waals surface area (Å²) in [5.41, 5.74) is 2.19. The quantitative estimate of drug-likeness (QED) is 0.309. The molecule has 0 amide bonds. The fourth-order valence-corrected chi connectivity index (χ4v) is 4.82. The molecule has 0 radical (unpaired) electrons. The van der Waals surface area contributed by atoms with E-state index in [1.54, 1.807) is 31.2 Å². The molecule has 0 aromatic heterocycles. The number of esters is 1. The van der Waals surface area contributed by atoms with Gasteiger partial charge in [-0.15, -0.1) is 0 Å². The Labute approximate surface area is 215 Å². The number of aliphatic hydroxyl groups excluding tert-OH is 1. The minimum atomic E-state index is -0.627. The van der Waals surface area contributed by atoms with Crippen molar-refractivity contribution >= 4 is 50.5 Å². The Morgan fingerprint density at radius 3 is 2.63 bits per heavy atom. The molecule has 0 fully saturated rings. The van der Waals surface area contributed by atoms with Crippen LogP contribution in [0.4, 0.5) is 10.1 Å². The number of benzene rings is 3. The van der Waals surface area contributed by atoms with Crippen LogP contribution in [0.15, 0.2) is 98.5 Å². The van der Waals surface area contributed by atoms with Crippen molar-refractivity contribution in [2.45, 2.75) is 13.5 Å². The van der Waals surface area contributed by atoms with Gasteiger partial charge in [0.05, 0.1) is 21.7 Å². The van der Waals surface area contributed by atoms with Crippen molar-refractivity contribution in [3.8, 4) is 5.75 Å². The molecular weight excluding hydrogens is 533 g/mol. The first-order chi connectivity index (χ1) is 16.9. The minimum absolute atomic E-state index is 0.0427. The summed E-state index contributed by atoms with van der Waals surface area (Å²) in [6.45, 7) is 2.11. The molecule has 0 spiro atoms. The number of hydrogen-bond acceptors (Lipinski definition) is 6. The number of thioether (sulfide) groups is 1. The third-order valence-corrected chi connectivity index (χ3v) is 6.53. The third kappa shape index (κ3) is 6.21. The van der Waals surface area contributed by atoms with E-state index in [4.69, 9.17) is 9.47 Å². The van der Waals surface area contributed by atoms with Crippen LogP contribution in [-0.4, -0.2) is 22.7 Å². The van der Waals surface area contributed by atoms with Gasteiger partial charge in [-0.25, -0.2) is 14.2 Å². The van der Waals surface area contributed by atoms with Gasteiger partial charge in [-0.1, -0.05) is 48.2 Å². The number of carbonyl (C=O) groups is 1. The Morgan fingerprint density at radius 1 is 1.11 bits per heavy atom. The molecule has 0 atom stereocenters. The molecular formula is C27H21BrFNO4S. The Morgan fingerprint density at radius 2 is 1.91 bits per heavy atom. The van der Waals surface area contributed by atoms with Crippen LogP contribution in [0.5, 0.6) is 5.75 Å². The Balaban J connectivity index is 1.58. The largest absolute Gasteiger partial charge is 0.506 e. The molecule has 178 valence electrons. The molecule has 3 aromatic carbocycles. The van der Waals surface area contributed by atoms with E-state index in [1.165, 1.54) is 23.9 Å². The molecule has 1 N–H and O–H groups in total. The minimum Gasteiger partial charge on any atom is -0.506 e. The lowest BCUT2D eigenvalue weighted by Gasteiger charge is -2.09. The summed E-state index contributed by atoms with van der Waals surface area (Å²) in [6.07, 6.45) is 1.76. The lowest BCUT2D eigenvalue weighted by Crippen LogP contribution is -2.12. The van der Waals surface area contributed by atoms with E-state index in [1.807, 2.05) is 42.5 Å². The van der Waals surface area contributed by atoms with Gasteiger partial charge >= 0.3 is 5.97 Å². The summed E-state index contributed by atoms with van der Waals surface area (Å²) >= 11 is 4.70. The van der Waals surface area contributed by atoms with Crippen molar-refractivity contribution in [1.29, 1.82) is 0 Å². The molecule has 0 saturated heterocycles. The van der Waals surface area contributed by atoms with E-state index in [-0.39, 0.29) is 30.4 Å². The molecule has 0 unspecified atom stereocenters. The number of nitrogens with zero attached hydrogens (tertiary/aromatic N) is 1. The molecule has 35 heavy (non-hydrogen) atoms. The lowest BCUT2D eigenvalue weighted by molar-refractivity contribution is -0.138. The van der Waals surface area contributed by atoms with E-state index in [0.717, 1.165) is 11.1 Å². The average Bonchev–Trinajstić information content (AvgIpc) is 3.13. The van der Waals surface area contributed by atoms with Crippen molar-refractivity contribution in [2.24, 2.45) is 4.99 Å². The Kier molecular flexibility index (Phi) is 8.05. The van der Waals surface area contributed by atoms with Crippen LogP contribution in [0.25, 0.3) is 6.08 Å². The highest BCUT2D eigenvalue weighted by Crippen LogP contribution is 2.40. The van der Waals surface area contributed by atoms with E-state index >= 15 is 0 Å². The lowest BCUT2D eigenvalue weighted by atomic mass is 10.1. The molecule has 3 aromatic rings. The summed E-state index contributed by atoms with van der Waals surface area (Å²) < 4.78 is 25.0. The van der Waals surface area contributed by atoms with Crippen molar-refractivity contribution in [2.75, 3.05) is 6.61 Å². The number of hydrogen-bond donors (Lipinski definition) is 1. The molecule has 5 nitrogen and oxygen atoms in total. The maximum Gasteiger partial charge on any atom is 0.344 e. The number of halogens is 2. The van der Waals surface area contributed by atoms with Crippen LogP contribution in [0.2, 0.25) is 0 Å². The van der Waals surface area contributed by atoms with Crippen LogP contribution < -0.4 is 4.74 Å². The van der Waals surface area contributed by atoms with Crippen LogP contribution in [0, 0.1) is 5.82 Å². The normalized spacial score (nSPS) is 15.6. The fraction of sp³-hybridized carbons (Fsp3) is 0.111. The van der Waals surface area contributed by atoms with E-state index in [2.05, 4.69) is 20.9 Å². The Hall–Kier alpha value is -3.36. The molecule has 8 heteroatoms. The van der Waals surface area contributed by atoms with Crippen molar-refractivity contribution in [1.82, 2.24) is 0 Å². The van der Waals surface area contributed by atoms with Gasteiger partial charge in [-0.2, -0.15) is 0 Å². The molecule has 0 aliphatic carbocycles. The summed E-state index contributed by atoms with van der Waals surface area (Å²) in [5.74, 6) is -0.524. The molecule has 1 aliphatic rings. The summed E-state index contributed by atoms with van der Waals surface area (Å²) in [7, 11) is 0. The van der Waals surface area contributed by atoms with Gasteiger partial charge in [0.2, 0.25) is 0 Å². The number of rotatable bonds is 7. The van der Waals surface area contributed by atoms with Gasteiger partial charge in [0.1, 0.15) is 34.5 Å². The van der Waals surface area contributed by atoms with Crippen LogP contribution in [0.1, 0.15) is 18.1 Å². The van der Waals surface area contributed by atoms with Crippen LogP contribution >= 0.6 is 27.7 Å². The zero-order valence-electron chi connectivity index (χ0n) is 18.7. The standard InChI is InChI=1S/C27H21BrFNO4S/c1-2-33-27(32)24-25(31)23(35-26(24)30-20-9-4-3-5-10-20)15-17-11-12-22(21(28)14-17)34-16-18-7-6-8-19(29)13-18/h3-15,31H,2,16H2,1H3/b23-15-,30-26?. The molecule has 0 saturated carbocycles. The highest BCUT2D eigenvalue weighted by atomic mass is 79.9. The maximum atomic E-state index is 13.4. The van der Waals surface area contributed by atoms with Crippen molar-refractivity contribution in [3.63, 3.8) is 0 Å². The predicted octanol–water partition coefficient (Wildman–Crippen LogP) is 7.36. The smallest absolute Gasteiger partial charge is 0.344 e.